The van der Waals surface area contributed by atoms with Gasteiger partial charge in [0.2, 0.25) is 0 Å². The molecule has 0 saturated heterocycles. The summed E-state index contributed by atoms with van der Waals surface area (Å²) >= 11 is 0. The zero-order valence-electron chi connectivity index (χ0n) is 10.2. The van der Waals surface area contributed by atoms with E-state index >= 15 is 0 Å². The number of rotatable bonds is 6. The van der Waals surface area contributed by atoms with E-state index in [9.17, 15) is 0 Å². The Balaban J connectivity index is 4.21. The normalized spacial score (nSPS) is 13.1. The van der Waals surface area contributed by atoms with Crippen LogP contribution in [0.25, 0.3) is 0 Å². The van der Waals surface area contributed by atoms with Crippen LogP contribution >= 0.6 is 0 Å². The van der Waals surface area contributed by atoms with Crippen LogP contribution < -0.4 is 5.73 Å². The molecule has 0 amide bonds. The molecule has 0 unspecified atom stereocenters. The lowest BCUT2D eigenvalue weighted by molar-refractivity contribution is 0.212. The molecule has 0 heterocycles. The molecule has 0 aliphatic carbocycles. The van der Waals surface area contributed by atoms with Crippen LogP contribution in [-0.4, -0.2) is 12.3 Å². The van der Waals surface area contributed by atoms with Crippen LogP contribution in [0.4, 0.5) is 0 Å². The van der Waals surface area contributed by atoms with Crippen LogP contribution in [0.2, 0.25) is 0 Å². The van der Waals surface area contributed by atoms with Crippen molar-refractivity contribution in [3.8, 4) is 0 Å². The van der Waals surface area contributed by atoms with Crippen LogP contribution in [-0.2, 0) is 4.74 Å². The highest BCUT2D eigenvalue weighted by Gasteiger charge is 2.02. The summed E-state index contributed by atoms with van der Waals surface area (Å²) in [5.41, 5.74) is 6.17. The molecule has 2 N–H and O–H groups in total. The van der Waals surface area contributed by atoms with E-state index in [1.165, 1.54) is 0 Å². The monoisotopic (exact) mass is 210 g/mol. The Morgan fingerprint density at radius 2 is 2.13 bits per heavy atom. The molecule has 0 aromatic rings. The zero-order valence-corrected chi connectivity index (χ0v) is 10.2. The van der Waals surface area contributed by atoms with Crippen LogP contribution in [0.15, 0.2) is 29.2 Å². The second-order valence-electron chi connectivity index (χ2n) is 3.87. The second-order valence-corrected chi connectivity index (χ2v) is 3.87. The molecule has 0 rings (SSSR count). The minimum atomic E-state index is 0.305. The third-order valence-corrected chi connectivity index (χ3v) is 1.88. The highest BCUT2D eigenvalue weighted by atomic mass is 16.5. The fourth-order valence-corrected chi connectivity index (χ4v) is 1.07. The third kappa shape index (κ3) is 6.77. The first kappa shape index (κ1) is 13.8. The molecule has 0 saturated carbocycles. The molecule has 3 nitrogen and oxygen atoms in total. The molecule has 86 valence electrons. The topological polar surface area (TPSA) is 47.6 Å². The van der Waals surface area contributed by atoms with E-state index in [1.54, 1.807) is 0 Å². The molecular weight excluding hydrogens is 188 g/mol. The Labute approximate surface area is 92.7 Å². The Hall–Kier alpha value is -1.25. The van der Waals surface area contributed by atoms with E-state index in [2.05, 4.69) is 25.4 Å². The van der Waals surface area contributed by atoms with Crippen LogP contribution in [0.3, 0.4) is 0 Å². The zero-order chi connectivity index (χ0) is 11.8. The molecule has 0 aromatic heterocycles. The summed E-state index contributed by atoms with van der Waals surface area (Å²) in [5.74, 6) is 1.73. The average molecular weight is 210 g/mol. The van der Waals surface area contributed by atoms with Crippen molar-refractivity contribution >= 4 is 5.71 Å². The molecule has 0 aliphatic heterocycles. The molecule has 0 aliphatic rings. The Bertz CT molecular complexity index is 265. The van der Waals surface area contributed by atoms with Crippen molar-refractivity contribution in [3.63, 3.8) is 0 Å². The quantitative estimate of drug-likeness (QED) is 0.541. The fourth-order valence-electron chi connectivity index (χ4n) is 1.07. The first-order valence-electron chi connectivity index (χ1n) is 5.26. The minimum Gasteiger partial charge on any atom is -0.492 e. The second kappa shape index (κ2) is 7.10. The summed E-state index contributed by atoms with van der Waals surface area (Å²) in [6.45, 7) is 12.4. The molecule has 0 atom stereocenters. The number of allylic oxidation sites excluding steroid dienone is 2. The smallest absolute Gasteiger partial charge is 0.136 e. The van der Waals surface area contributed by atoms with Crippen molar-refractivity contribution in [2.24, 2.45) is 16.6 Å². The van der Waals surface area contributed by atoms with Gasteiger partial charge in [0.1, 0.15) is 11.6 Å². The number of nitrogens with zero attached hydrogens (tertiary/aromatic N) is 1. The van der Waals surface area contributed by atoms with E-state index in [4.69, 9.17) is 10.5 Å². The van der Waals surface area contributed by atoms with Gasteiger partial charge in [0, 0.05) is 0 Å². The Morgan fingerprint density at radius 3 is 2.53 bits per heavy atom. The first-order chi connectivity index (χ1) is 6.97. The summed E-state index contributed by atoms with van der Waals surface area (Å²) in [5, 5.41) is 0. The van der Waals surface area contributed by atoms with E-state index in [0.29, 0.717) is 18.3 Å². The van der Waals surface area contributed by atoms with Crippen molar-refractivity contribution in [3.05, 3.63) is 24.2 Å². The number of nitrogens with two attached hydrogens (primary N) is 1. The minimum absolute atomic E-state index is 0.305. The molecular formula is C12H22N2O. The van der Waals surface area contributed by atoms with Gasteiger partial charge in [0.25, 0.3) is 0 Å². The average Bonchev–Trinajstić information content (AvgIpc) is 2.10. The van der Waals surface area contributed by atoms with Gasteiger partial charge in [0.15, 0.2) is 0 Å². The van der Waals surface area contributed by atoms with Crippen LogP contribution in [0, 0.1) is 5.92 Å². The van der Waals surface area contributed by atoms with Gasteiger partial charge in [-0.1, -0.05) is 20.4 Å². The number of hydrogen-bond acceptors (Lipinski definition) is 3. The molecule has 0 radical (unpaired) electrons. The lowest BCUT2D eigenvalue weighted by Gasteiger charge is -2.11. The maximum Gasteiger partial charge on any atom is 0.136 e. The largest absolute Gasteiger partial charge is 0.492 e. The van der Waals surface area contributed by atoms with Gasteiger partial charge in [-0.05, 0) is 32.3 Å². The van der Waals surface area contributed by atoms with Gasteiger partial charge in [-0.15, -0.1) is 0 Å². The Morgan fingerprint density at radius 1 is 1.53 bits per heavy atom. The standard InChI is InChI=1S/C12H22N2O/c1-6-12(10(4)14-11(5)13)15-8-7-9(2)3/h6,9H,5,7-8,13H2,1-4H3/b12-6+,14-10?. The van der Waals surface area contributed by atoms with Gasteiger partial charge in [-0.25, -0.2) is 4.99 Å². The van der Waals surface area contributed by atoms with Crippen molar-refractivity contribution in [1.82, 2.24) is 0 Å². The lowest BCUT2D eigenvalue weighted by atomic mass is 10.1. The summed E-state index contributed by atoms with van der Waals surface area (Å²) in [7, 11) is 0. The number of ether oxygens (including phenoxy) is 1. The maximum absolute atomic E-state index is 5.60. The number of hydrogen-bond donors (Lipinski definition) is 1. The SMILES string of the molecule is C=C(N)N=C(C)/C(=C\C)OCCC(C)C. The predicted molar refractivity (Wildman–Crippen MR) is 65.6 cm³/mol. The fraction of sp³-hybridized carbons (Fsp3) is 0.583. The van der Waals surface area contributed by atoms with Crippen molar-refractivity contribution in [2.75, 3.05) is 6.61 Å². The lowest BCUT2D eigenvalue weighted by Crippen LogP contribution is -2.07. The molecule has 15 heavy (non-hydrogen) atoms. The van der Waals surface area contributed by atoms with Gasteiger partial charge < -0.3 is 10.5 Å². The summed E-state index contributed by atoms with van der Waals surface area (Å²) in [4.78, 5) is 4.05. The van der Waals surface area contributed by atoms with E-state index in [0.717, 1.165) is 17.9 Å². The van der Waals surface area contributed by atoms with Crippen LogP contribution in [0.1, 0.15) is 34.1 Å². The first-order valence-corrected chi connectivity index (χ1v) is 5.26. The van der Waals surface area contributed by atoms with Gasteiger partial charge in [0.05, 0.1) is 12.3 Å². The number of aliphatic imine (C=N–C) groups is 1. The summed E-state index contributed by atoms with van der Waals surface area (Å²) in [6, 6.07) is 0. The van der Waals surface area contributed by atoms with Crippen molar-refractivity contribution in [1.29, 1.82) is 0 Å². The predicted octanol–water partition coefficient (Wildman–Crippen LogP) is 2.84. The Kier molecular flexibility index (Phi) is 6.50. The molecule has 0 aromatic carbocycles. The molecule has 3 heteroatoms. The molecule has 0 fully saturated rings. The summed E-state index contributed by atoms with van der Waals surface area (Å²) in [6.07, 6.45) is 2.93. The van der Waals surface area contributed by atoms with E-state index in [-0.39, 0.29) is 0 Å². The molecule has 0 bridgehead atoms. The maximum atomic E-state index is 5.60. The van der Waals surface area contributed by atoms with Crippen molar-refractivity contribution in [2.45, 2.75) is 34.1 Å². The third-order valence-electron chi connectivity index (χ3n) is 1.88. The molecule has 0 spiro atoms. The van der Waals surface area contributed by atoms with Crippen molar-refractivity contribution < 1.29 is 4.74 Å². The van der Waals surface area contributed by atoms with Gasteiger partial charge >= 0.3 is 0 Å². The van der Waals surface area contributed by atoms with E-state index < -0.39 is 0 Å². The highest BCUT2D eigenvalue weighted by molar-refractivity contribution is 5.96. The van der Waals surface area contributed by atoms with E-state index in [1.807, 2.05) is 19.9 Å². The van der Waals surface area contributed by atoms with Crippen LogP contribution in [0.5, 0.6) is 0 Å². The highest BCUT2D eigenvalue weighted by Crippen LogP contribution is 2.06. The summed E-state index contributed by atoms with van der Waals surface area (Å²) < 4.78 is 5.60. The van der Waals surface area contributed by atoms with Gasteiger partial charge in [-0.2, -0.15) is 0 Å². The van der Waals surface area contributed by atoms with Gasteiger partial charge in [-0.3, -0.25) is 0 Å².